The molecule has 4 rings (SSSR count). The Balaban J connectivity index is 1.38. The van der Waals surface area contributed by atoms with Gasteiger partial charge in [-0.1, -0.05) is 48.5 Å². The van der Waals surface area contributed by atoms with Crippen LogP contribution < -0.4 is 14.8 Å². The molecule has 0 unspecified atom stereocenters. The van der Waals surface area contributed by atoms with Crippen molar-refractivity contribution in [3.63, 3.8) is 0 Å². The van der Waals surface area contributed by atoms with Crippen LogP contribution in [0.3, 0.4) is 0 Å². The minimum absolute atomic E-state index is 0.0226. The van der Waals surface area contributed by atoms with Gasteiger partial charge in [0.25, 0.3) is 5.91 Å². The number of hydrogen-bond donors (Lipinski definition) is 1. The van der Waals surface area contributed by atoms with Crippen molar-refractivity contribution in [3.8, 4) is 11.5 Å². The van der Waals surface area contributed by atoms with Gasteiger partial charge >= 0.3 is 0 Å². The average molecular weight is 406 g/mol. The van der Waals surface area contributed by atoms with E-state index in [4.69, 9.17) is 9.47 Å². The molecular formula is C24H23NO3S. The van der Waals surface area contributed by atoms with Crippen LogP contribution in [0.4, 0.5) is 0 Å². The lowest BCUT2D eigenvalue weighted by molar-refractivity contribution is 0.0929. The van der Waals surface area contributed by atoms with E-state index < -0.39 is 0 Å². The van der Waals surface area contributed by atoms with Gasteiger partial charge in [0.15, 0.2) is 0 Å². The van der Waals surface area contributed by atoms with Crippen molar-refractivity contribution in [2.75, 3.05) is 19.0 Å². The zero-order chi connectivity index (χ0) is 19.9. The van der Waals surface area contributed by atoms with Crippen LogP contribution in [0.2, 0.25) is 0 Å². The van der Waals surface area contributed by atoms with Crippen LogP contribution in [-0.4, -0.2) is 24.9 Å². The molecule has 1 N–H and O–H groups in total. The maximum atomic E-state index is 13.0. The highest BCUT2D eigenvalue weighted by atomic mass is 32.2. The summed E-state index contributed by atoms with van der Waals surface area (Å²) in [7, 11) is 0. The minimum atomic E-state index is -0.115. The topological polar surface area (TPSA) is 47.6 Å². The molecule has 0 fully saturated rings. The summed E-state index contributed by atoms with van der Waals surface area (Å²) in [5.74, 6) is 2.25. The monoisotopic (exact) mass is 405 g/mol. The molecule has 1 amide bonds. The summed E-state index contributed by atoms with van der Waals surface area (Å²) >= 11 is 1.84. The zero-order valence-corrected chi connectivity index (χ0v) is 16.9. The highest BCUT2D eigenvalue weighted by molar-refractivity contribution is 7.99. The van der Waals surface area contributed by atoms with E-state index in [0.29, 0.717) is 24.5 Å². The van der Waals surface area contributed by atoms with E-state index in [0.717, 1.165) is 17.9 Å². The first-order chi connectivity index (χ1) is 14.3. The minimum Gasteiger partial charge on any atom is -0.490 e. The van der Waals surface area contributed by atoms with Gasteiger partial charge in [-0.05, 0) is 42.3 Å². The van der Waals surface area contributed by atoms with Crippen molar-refractivity contribution in [3.05, 3.63) is 90.0 Å². The van der Waals surface area contributed by atoms with E-state index in [1.165, 1.54) is 10.5 Å². The molecule has 0 saturated carbocycles. The number of rotatable bonds is 7. The van der Waals surface area contributed by atoms with Gasteiger partial charge in [0.1, 0.15) is 24.7 Å². The van der Waals surface area contributed by atoms with E-state index in [9.17, 15) is 4.79 Å². The standard InChI is InChI=1S/C24H23NO3S/c26-24(25-21-14-17-29-23-13-7-5-10-19(21)23)20-11-4-6-12-22(20)28-16-15-27-18-8-2-1-3-9-18/h1-13,21H,14-17H2,(H,25,26)/t21-/m0/s1. The molecule has 4 nitrogen and oxygen atoms in total. The Hall–Kier alpha value is -2.92. The first-order valence-corrected chi connectivity index (χ1v) is 10.7. The van der Waals surface area contributed by atoms with Gasteiger partial charge in [-0.3, -0.25) is 4.79 Å². The maximum absolute atomic E-state index is 13.0. The van der Waals surface area contributed by atoms with Crippen LogP contribution in [0.1, 0.15) is 28.4 Å². The number of nitrogens with one attached hydrogen (secondary N) is 1. The summed E-state index contributed by atoms with van der Waals surface area (Å²) in [6.45, 7) is 0.773. The number of thioether (sulfide) groups is 1. The Bertz CT molecular complexity index is 961. The second kappa shape index (κ2) is 9.52. The molecule has 3 aromatic rings. The predicted octanol–water partition coefficient (Wildman–Crippen LogP) is 5.11. The van der Waals surface area contributed by atoms with E-state index in [2.05, 4.69) is 17.4 Å². The summed E-state index contributed by atoms with van der Waals surface area (Å²) in [5.41, 5.74) is 1.73. The van der Waals surface area contributed by atoms with Crippen molar-refractivity contribution in [2.24, 2.45) is 0 Å². The summed E-state index contributed by atoms with van der Waals surface area (Å²) in [6.07, 6.45) is 0.918. The highest BCUT2D eigenvalue weighted by Crippen LogP contribution is 2.36. The maximum Gasteiger partial charge on any atom is 0.255 e. The molecule has 0 saturated heterocycles. The Morgan fingerprint density at radius 3 is 2.52 bits per heavy atom. The molecular weight excluding hydrogens is 382 g/mol. The largest absolute Gasteiger partial charge is 0.490 e. The number of hydrogen-bond acceptors (Lipinski definition) is 4. The number of carbonyl (C=O) groups is 1. The number of amides is 1. The fourth-order valence-corrected chi connectivity index (χ4v) is 4.46. The van der Waals surface area contributed by atoms with Gasteiger partial charge in [0.2, 0.25) is 0 Å². The molecule has 1 atom stereocenters. The average Bonchev–Trinajstić information content (AvgIpc) is 2.78. The van der Waals surface area contributed by atoms with Gasteiger partial charge in [-0.15, -0.1) is 11.8 Å². The molecule has 1 aliphatic heterocycles. The van der Waals surface area contributed by atoms with E-state index in [1.807, 2.05) is 72.4 Å². The fourth-order valence-electron chi connectivity index (χ4n) is 3.34. The smallest absolute Gasteiger partial charge is 0.255 e. The summed E-state index contributed by atoms with van der Waals surface area (Å²) in [4.78, 5) is 14.2. The van der Waals surface area contributed by atoms with Gasteiger partial charge in [-0.2, -0.15) is 0 Å². The molecule has 3 aromatic carbocycles. The zero-order valence-electron chi connectivity index (χ0n) is 16.0. The van der Waals surface area contributed by atoms with E-state index >= 15 is 0 Å². The summed E-state index contributed by atoms with van der Waals surface area (Å²) < 4.78 is 11.5. The summed E-state index contributed by atoms with van der Waals surface area (Å²) in [6, 6.07) is 25.2. The van der Waals surface area contributed by atoms with Gasteiger partial charge in [-0.25, -0.2) is 0 Å². The Morgan fingerprint density at radius 1 is 0.897 bits per heavy atom. The normalized spacial score (nSPS) is 15.2. The van der Waals surface area contributed by atoms with Crippen molar-refractivity contribution in [2.45, 2.75) is 17.4 Å². The molecule has 1 heterocycles. The van der Waals surface area contributed by atoms with Crippen LogP contribution in [0.5, 0.6) is 11.5 Å². The molecule has 148 valence electrons. The third-order valence-corrected chi connectivity index (χ3v) is 5.87. The quantitative estimate of drug-likeness (QED) is 0.555. The third-order valence-electron chi connectivity index (χ3n) is 4.75. The molecule has 0 aliphatic carbocycles. The van der Waals surface area contributed by atoms with Gasteiger partial charge < -0.3 is 14.8 Å². The molecule has 5 heteroatoms. The molecule has 29 heavy (non-hydrogen) atoms. The number of benzene rings is 3. The van der Waals surface area contributed by atoms with Gasteiger partial charge in [0, 0.05) is 10.6 Å². The van der Waals surface area contributed by atoms with Crippen LogP contribution in [0, 0.1) is 0 Å². The van der Waals surface area contributed by atoms with Gasteiger partial charge in [0.05, 0.1) is 11.6 Å². The SMILES string of the molecule is O=C(N[C@H]1CCSc2ccccc21)c1ccccc1OCCOc1ccccc1. The first-order valence-electron chi connectivity index (χ1n) is 9.73. The van der Waals surface area contributed by atoms with Crippen LogP contribution in [0.15, 0.2) is 83.8 Å². The highest BCUT2D eigenvalue weighted by Gasteiger charge is 2.23. The van der Waals surface area contributed by atoms with Crippen LogP contribution in [0.25, 0.3) is 0 Å². The first kappa shape index (κ1) is 19.4. The molecule has 0 radical (unpaired) electrons. The Kier molecular flexibility index (Phi) is 6.37. The van der Waals surface area contributed by atoms with Crippen LogP contribution in [-0.2, 0) is 0 Å². The lowest BCUT2D eigenvalue weighted by atomic mass is 10.0. The van der Waals surface area contributed by atoms with Crippen molar-refractivity contribution in [1.82, 2.24) is 5.32 Å². The number of para-hydroxylation sites is 2. The van der Waals surface area contributed by atoms with Crippen molar-refractivity contribution < 1.29 is 14.3 Å². The van der Waals surface area contributed by atoms with E-state index in [1.54, 1.807) is 6.07 Å². The van der Waals surface area contributed by atoms with Crippen molar-refractivity contribution >= 4 is 17.7 Å². The summed E-state index contributed by atoms with van der Waals surface area (Å²) in [5, 5.41) is 3.18. The number of fused-ring (bicyclic) bond motifs is 1. The second-order valence-corrected chi connectivity index (χ2v) is 7.84. The number of ether oxygens (including phenoxy) is 2. The lowest BCUT2D eigenvalue weighted by Gasteiger charge is -2.26. The fraction of sp³-hybridized carbons (Fsp3) is 0.208. The van der Waals surface area contributed by atoms with E-state index in [-0.39, 0.29) is 11.9 Å². The number of carbonyl (C=O) groups excluding carboxylic acids is 1. The Morgan fingerprint density at radius 2 is 1.62 bits per heavy atom. The predicted molar refractivity (Wildman–Crippen MR) is 116 cm³/mol. The Labute approximate surface area is 175 Å². The van der Waals surface area contributed by atoms with Crippen LogP contribution >= 0.6 is 11.8 Å². The molecule has 0 bridgehead atoms. The molecule has 0 aromatic heterocycles. The lowest BCUT2D eigenvalue weighted by Crippen LogP contribution is -2.31. The van der Waals surface area contributed by atoms with Crippen molar-refractivity contribution in [1.29, 1.82) is 0 Å². The molecule has 0 spiro atoms. The third kappa shape index (κ3) is 4.93. The molecule has 1 aliphatic rings. The second-order valence-electron chi connectivity index (χ2n) is 6.71.